The van der Waals surface area contributed by atoms with Crippen molar-refractivity contribution in [3.05, 3.63) is 15.6 Å². The van der Waals surface area contributed by atoms with Gasteiger partial charge >= 0.3 is 0 Å². The zero-order chi connectivity index (χ0) is 10.0. The first kappa shape index (κ1) is 10.6. The van der Waals surface area contributed by atoms with Crippen molar-refractivity contribution in [2.45, 2.75) is 26.1 Å². The molecule has 74 valence electrons. The predicted molar refractivity (Wildman–Crippen MR) is 51.6 cm³/mol. The van der Waals surface area contributed by atoms with Crippen molar-refractivity contribution in [1.82, 2.24) is 4.98 Å². The Bertz CT molecular complexity index is 268. The maximum atomic E-state index is 9.54. The van der Waals surface area contributed by atoms with Crippen LogP contribution in [-0.4, -0.2) is 27.8 Å². The van der Waals surface area contributed by atoms with Crippen LogP contribution in [0, 0.1) is 13.8 Å². The van der Waals surface area contributed by atoms with Crippen LogP contribution < -0.4 is 5.73 Å². The zero-order valence-electron chi connectivity index (χ0n) is 7.69. The molecule has 5 heteroatoms. The van der Waals surface area contributed by atoms with E-state index in [9.17, 15) is 10.2 Å². The topological polar surface area (TPSA) is 79.4 Å². The molecule has 0 aliphatic heterocycles. The minimum Gasteiger partial charge on any atom is -0.389 e. The summed E-state index contributed by atoms with van der Waals surface area (Å²) >= 11 is 1.39. The van der Waals surface area contributed by atoms with Gasteiger partial charge in [0.25, 0.3) is 0 Å². The van der Waals surface area contributed by atoms with E-state index in [0.29, 0.717) is 5.01 Å². The van der Waals surface area contributed by atoms with E-state index in [0.717, 1.165) is 10.6 Å². The highest BCUT2D eigenvalue weighted by atomic mass is 32.1. The Morgan fingerprint density at radius 1 is 1.46 bits per heavy atom. The number of hydrogen-bond acceptors (Lipinski definition) is 5. The van der Waals surface area contributed by atoms with Crippen LogP contribution in [0.3, 0.4) is 0 Å². The quantitative estimate of drug-likeness (QED) is 0.650. The zero-order valence-corrected chi connectivity index (χ0v) is 8.51. The van der Waals surface area contributed by atoms with Gasteiger partial charge in [-0.05, 0) is 13.8 Å². The van der Waals surface area contributed by atoms with Crippen LogP contribution in [0.4, 0.5) is 0 Å². The van der Waals surface area contributed by atoms with Crippen molar-refractivity contribution >= 4 is 11.3 Å². The number of rotatable bonds is 3. The summed E-state index contributed by atoms with van der Waals surface area (Å²) in [6.07, 6.45) is -1.88. The number of aliphatic hydroxyl groups excluding tert-OH is 2. The molecule has 0 aromatic carbocycles. The first-order chi connectivity index (χ1) is 6.06. The van der Waals surface area contributed by atoms with Gasteiger partial charge in [0.15, 0.2) is 0 Å². The lowest BCUT2D eigenvalue weighted by Crippen LogP contribution is -2.27. The van der Waals surface area contributed by atoms with Gasteiger partial charge in [0, 0.05) is 11.4 Å². The fourth-order valence-electron chi connectivity index (χ4n) is 0.918. The van der Waals surface area contributed by atoms with Gasteiger partial charge in [-0.15, -0.1) is 11.3 Å². The highest BCUT2D eigenvalue weighted by molar-refractivity contribution is 7.11. The molecular weight excluding hydrogens is 188 g/mol. The molecule has 4 N–H and O–H groups in total. The molecule has 2 unspecified atom stereocenters. The fraction of sp³-hybridized carbons (Fsp3) is 0.625. The van der Waals surface area contributed by atoms with Crippen LogP contribution in [0.1, 0.15) is 21.7 Å². The third-order valence-electron chi connectivity index (χ3n) is 1.90. The summed E-state index contributed by atoms with van der Waals surface area (Å²) in [6.45, 7) is 3.84. The highest BCUT2D eigenvalue weighted by Gasteiger charge is 2.20. The van der Waals surface area contributed by atoms with E-state index in [4.69, 9.17) is 5.73 Å². The lowest BCUT2D eigenvalue weighted by molar-refractivity contribution is 0.0241. The molecule has 1 aromatic rings. The third-order valence-corrected chi connectivity index (χ3v) is 3.05. The Balaban J connectivity index is 2.82. The number of nitrogens with two attached hydrogens (primary N) is 1. The summed E-state index contributed by atoms with van der Waals surface area (Å²) in [6, 6.07) is 0. The van der Waals surface area contributed by atoms with Crippen LogP contribution in [0.25, 0.3) is 0 Å². The van der Waals surface area contributed by atoms with E-state index < -0.39 is 12.2 Å². The average Bonchev–Trinajstić information content (AvgIpc) is 2.44. The lowest BCUT2D eigenvalue weighted by Gasteiger charge is -2.12. The molecule has 0 spiro atoms. The van der Waals surface area contributed by atoms with Crippen LogP contribution in [0.2, 0.25) is 0 Å². The highest BCUT2D eigenvalue weighted by Crippen LogP contribution is 2.24. The van der Waals surface area contributed by atoms with Gasteiger partial charge in [-0.2, -0.15) is 0 Å². The van der Waals surface area contributed by atoms with E-state index in [1.54, 1.807) is 0 Å². The maximum Gasteiger partial charge on any atom is 0.133 e. The van der Waals surface area contributed by atoms with Crippen LogP contribution in [0.15, 0.2) is 0 Å². The van der Waals surface area contributed by atoms with Gasteiger partial charge in [0.1, 0.15) is 11.1 Å². The van der Waals surface area contributed by atoms with Crippen molar-refractivity contribution in [3.8, 4) is 0 Å². The van der Waals surface area contributed by atoms with Gasteiger partial charge in [-0.1, -0.05) is 0 Å². The van der Waals surface area contributed by atoms with Crippen LogP contribution in [-0.2, 0) is 0 Å². The number of aliphatic hydroxyl groups is 2. The second kappa shape index (κ2) is 4.15. The monoisotopic (exact) mass is 202 g/mol. The van der Waals surface area contributed by atoms with Crippen molar-refractivity contribution in [1.29, 1.82) is 0 Å². The summed E-state index contributed by atoms with van der Waals surface area (Å²) in [5, 5.41) is 19.4. The summed E-state index contributed by atoms with van der Waals surface area (Å²) in [4.78, 5) is 5.19. The lowest BCUT2D eigenvalue weighted by atomic mass is 10.2. The molecule has 0 saturated carbocycles. The van der Waals surface area contributed by atoms with Crippen molar-refractivity contribution in [2.75, 3.05) is 6.54 Å². The van der Waals surface area contributed by atoms with Gasteiger partial charge < -0.3 is 15.9 Å². The second-order valence-corrected chi connectivity index (χ2v) is 4.18. The molecule has 1 aromatic heterocycles. The normalized spacial score (nSPS) is 15.8. The first-order valence-corrected chi connectivity index (χ1v) is 4.88. The molecule has 0 aliphatic carbocycles. The van der Waals surface area contributed by atoms with Gasteiger partial charge in [-0.3, -0.25) is 0 Å². The molecule has 2 atom stereocenters. The summed E-state index contributed by atoms with van der Waals surface area (Å²) < 4.78 is 0. The SMILES string of the molecule is Cc1nc(C(O)C(O)CN)sc1C. The van der Waals surface area contributed by atoms with Crippen LogP contribution >= 0.6 is 11.3 Å². The van der Waals surface area contributed by atoms with E-state index in [1.807, 2.05) is 13.8 Å². The standard InChI is InChI=1S/C8H14N2O2S/c1-4-5(2)13-8(10-4)7(12)6(11)3-9/h6-7,11-12H,3,9H2,1-2H3. The Morgan fingerprint density at radius 2 is 2.08 bits per heavy atom. The molecule has 4 nitrogen and oxygen atoms in total. The van der Waals surface area contributed by atoms with Crippen molar-refractivity contribution < 1.29 is 10.2 Å². The number of thiazole rings is 1. The predicted octanol–water partition coefficient (Wildman–Crippen LogP) is 0.113. The third kappa shape index (κ3) is 2.25. The first-order valence-electron chi connectivity index (χ1n) is 4.06. The number of aryl methyl sites for hydroxylation is 2. The van der Waals surface area contributed by atoms with Gasteiger partial charge in [0.2, 0.25) is 0 Å². The molecule has 0 radical (unpaired) electrons. The van der Waals surface area contributed by atoms with E-state index >= 15 is 0 Å². The number of aromatic nitrogens is 1. The smallest absolute Gasteiger partial charge is 0.133 e. The molecule has 1 heterocycles. The molecule has 0 bridgehead atoms. The Kier molecular flexibility index (Phi) is 3.38. The Hall–Kier alpha value is -0.490. The molecular formula is C8H14N2O2S. The molecule has 0 fully saturated rings. The molecule has 0 amide bonds. The molecule has 0 saturated heterocycles. The summed E-state index contributed by atoms with van der Waals surface area (Å²) in [7, 11) is 0. The van der Waals surface area contributed by atoms with Crippen molar-refractivity contribution in [2.24, 2.45) is 5.73 Å². The molecule has 13 heavy (non-hydrogen) atoms. The molecule has 0 aliphatic rings. The fourth-order valence-corrected chi connectivity index (χ4v) is 1.88. The maximum absolute atomic E-state index is 9.54. The number of hydrogen-bond donors (Lipinski definition) is 3. The second-order valence-electron chi connectivity index (χ2n) is 2.94. The summed E-state index contributed by atoms with van der Waals surface area (Å²) in [5.74, 6) is 0. The van der Waals surface area contributed by atoms with Gasteiger partial charge in [0.05, 0.1) is 11.8 Å². The van der Waals surface area contributed by atoms with E-state index in [1.165, 1.54) is 11.3 Å². The minimum absolute atomic E-state index is 0.0405. The van der Waals surface area contributed by atoms with Crippen molar-refractivity contribution in [3.63, 3.8) is 0 Å². The molecule has 1 rings (SSSR count). The average molecular weight is 202 g/mol. The number of nitrogens with zero attached hydrogens (tertiary/aromatic N) is 1. The Labute approximate surface area is 81.0 Å². The Morgan fingerprint density at radius 3 is 2.46 bits per heavy atom. The van der Waals surface area contributed by atoms with Crippen LogP contribution in [0.5, 0.6) is 0 Å². The summed E-state index contributed by atoms with van der Waals surface area (Å²) in [5.41, 5.74) is 6.11. The van der Waals surface area contributed by atoms with E-state index in [-0.39, 0.29) is 6.54 Å². The minimum atomic E-state index is -0.956. The van der Waals surface area contributed by atoms with E-state index in [2.05, 4.69) is 4.98 Å². The largest absolute Gasteiger partial charge is 0.389 e. The van der Waals surface area contributed by atoms with Gasteiger partial charge in [-0.25, -0.2) is 4.98 Å².